The Hall–Kier alpha value is -1.38. The van der Waals surface area contributed by atoms with Crippen molar-refractivity contribution in [1.29, 1.82) is 0 Å². The summed E-state index contributed by atoms with van der Waals surface area (Å²) in [6.45, 7) is 7.94. The molecule has 0 saturated carbocycles. The maximum atomic E-state index is 10.1. The standard InChI is InChI=1S/C14H20O3/c1-8-10-6-7-14(3,4)17-13(10)12(16-5)9(2)11(8)15/h15H,6-7H2,1-5H3. The van der Waals surface area contributed by atoms with E-state index in [0.717, 1.165) is 35.3 Å². The van der Waals surface area contributed by atoms with Gasteiger partial charge in [-0.15, -0.1) is 0 Å². The maximum absolute atomic E-state index is 10.1. The number of fused-ring (bicyclic) bond motifs is 1. The Kier molecular flexibility index (Phi) is 2.72. The van der Waals surface area contributed by atoms with Gasteiger partial charge in [0.25, 0.3) is 0 Å². The molecule has 3 heteroatoms. The van der Waals surface area contributed by atoms with E-state index in [0.29, 0.717) is 11.5 Å². The van der Waals surface area contributed by atoms with Gasteiger partial charge in [-0.1, -0.05) is 0 Å². The number of hydrogen-bond donors (Lipinski definition) is 1. The van der Waals surface area contributed by atoms with Gasteiger partial charge in [-0.05, 0) is 46.1 Å². The molecule has 0 radical (unpaired) electrons. The number of rotatable bonds is 1. The Balaban J connectivity index is 2.67. The summed E-state index contributed by atoms with van der Waals surface area (Å²) in [6, 6.07) is 0. The molecule has 0 bridgehead atoms. The first-order valence-electron chi connectivity index (χ1n) is 5.95. The Morgan fingerprint density at radius 3 is 2.47 bits per heavy atom. The number of benzene rings is 1. The van der Waals surface area contributed by atoms with Crippen molar-refractivity contribution in [3.8, 4) is 17.2 Å². The van der Waals surface area contributed by atoms with Gasteiger partial charge < -0.3 is 14.6 Å². The zero-order chi connectivity index (χ0) is 12.8. The molecule has 0 amide bonds. The lowest BCUT2D eigenvalue weighted by Gasteiger charge is -2.35. The van der Waals surface area contributed by atoms with E-state index in [1.807, 2.05) is 13.8 Å². The number of phenolic OH excluding ortho intramolecular Hbond substituents is 1. The SMILES string of the molecule is COc1c(C)c(O)c(C)c2c1OC(C)(C)CC2. The normalized spacial score (nSPS) is 17.2. The van der Waals surface area contributed by atoms with Crippen LogP contribution in [0.4, 0.5) is 0 Å². The summed E-state index contributed by atoms with van der Waals surface area (Å²) in [7, 11) is 1.61. The van der Waals surface area contributed by atoms with E-state index in [1.165, 1.54) is 0 Å². The van der Waals surface area contributed by atoms with Gasteiger partial charge >= 0.3 is 0 Å². The molecule has 0 aromatic heterocycles. The van der Waals surface area contributed by atoms with E-state index < -0.39 is 0 Å². The minimum atomic E-state index is -0.171. The molecule has 3 nitrogen and oxygen atoms in total. The monoisotopic (exact) mass is 236 g/mol. The first kappa shape index (κ1) is 12.1. The molecule has 1 aliphatic heterocycles. The van der Waals surface area contributed by atoms with Crippen molar-refractivity contribution >= 4 is 0 Å². The van der Waals surface area contributed by atoms with Crippen molar-refractivity contribution in [3.63, 3.8) is 0 Å². The quantitative estimate of drug-likeness (QED) is 0.814. The van der Waals surface area contributed by atoms with Crippen molar-refractivity contribution in [3.05, 3.63) is 16.7 Å². The maximum Gasteiger partial charge on any atom is 0.167 e. The summed E-state index contributed by atoms with van der Waals surface area (Å²) < 4.78 is 11.4. The number of hydrogen-bond acceptors (Lipinski definition) is 3. The molecule has 0 unspecified atom stereocenters. The number of phenols is 1. The highest BCUT2D eigenvalue weighted by molar-refractivity contribution is 5.62. The van der Waals surface area contributed by atoms with Crippen LogP contribution in [0, 0.1) is 13.8 Å². The molecule has 1 aromatic rings. The van der Waals surface area contributed by atoms with E-state index in [2.05, 4.69) is 13.8 Å². The lowest BCUT2D eigenvalue weighted by molar-refractivity contribution is 0.0798. The van der Waals surface area contributed by atoms with Crippen LogP contribution in [0.2, 0.25) is 0 Å². The minimum absolute atomic E-state index is 0.171. The smallest absolute Gasteiger partial charge is 0.167 e. The first-order valence-corrected chi connectivity index (χ1v) is 5.95. The van der Waals surface area contributed by atoms with Gasteiger partial charge in [-0.2, -0.15) is 0 Å². The van der Waals surface area contributed by atoms with Crippen molar-refractivity contribution in [2.75, 3.05) is 7.11 Å². The zero-order valence-corrected chi connectivity index (χ0v) is 11.2. The molecule has 17 heavy (non-hydrogen) atoms. The summed E-state index contributed by atoms with van der Waals surface area (Å²) in [4.78, 5) is 0. The molecule has 0 fully saturated rings. The number of aromatic hydroxyl groups is 1. The van der Waals surface area contributed by atoms with E-state index >= 15 is 0 Å². The van der Waals surface area contributed by atoms with E-state index in [9.17, 15) is 5.11 Å². The molecule has 0 atom stereocenters. The minimum Gasteiger partial charge on any atom is -0.507 e. The molecule has 94 valence electrons. The third-order valence-corrected chi connectivity index (χ3v) is 3.54. The second-order valence-electron chi connectivity index (χ2n) is 5.30. The average Bonchev–Trinajstić information content (AvgIpc) is 2.26. The van der Waals surface area contributed by atoms with Gasteiger partial charge in [-0.25, -0.2) is 0 Å². The van der Waals surface area contributed by atoms with Crippen LogP contribution in [0.25, 0.3) is 0 Å². The van der Waals surface area contributed by atoms with Crippen molar-refractivity contribution < 1.29 is 14.6 Å². The Labute approximate surface area is 102 Å². The van der Waals surface area contributed by atoms with Gasteiger partial charge in [0, 0.05) is 11.1 Å². The summed E-state index contributed by atoms with van der Waals surface area (Å²) >= 11 is 0. The third-order valence-electron chi connectivity index (χ3n) is 3.54. The van der Waals surface area contributed by atoms with E-state index in [-0.39, 0.29) is 5.60 Å². The fourth-order valence-electron chi connectivity index (χ4n) is 2.42. The molecular weight excluding hydrogens is 216 g/mol. The molecule has 1 aliphatic rings. The topological polar surface area (TPSA) is 38.7 Å². The molecule has 0 saturated heterocycles. The molecule has 0 aliphatic carbocycles. The van der Waals surface area contributed by atoms with Crippen LogP contribution < -0.4 is 9.47 Å². The number of ether oxygens (including phenoxy) is 2. The lowest BCUT2D eigenvalue weighted by Crippen LogP contribution is -2.33. The Bertz CT molecular complexity index is 438. The second-order valence-corrected chi connectivity index (χ2v) is 5.30. The van der Waals surface area contributed by atoms with Crippen LogP contribution in [0.3, 0.4) is 0 Å². The molecule has 1 N–H and O–H groups in total. The van der Waals surface area contributed by atoms with Crippen LogP contribution >= 0.6 is 0 Å². The van der Waals surface area contributed by atoms with Crippen molar-refractivity contribution in [2.45, 2.75) is 46.1 Å². The fraction of sp³-hybridized carbons (Fsp3) is 0.571. The average molecular weight is 236 g/mol. The molecule has 1 heterocycles. The van der Waals surface area contributed by atoms with Gasteiger partial charge in [0.2, 0.25) is 0 Å². The first-order chi connectivity index (χ1) is 7.87. The Morgan fingerprint density at radius 2 is 1.88 bits per heavy atom. The van der Waals surface area contributed by atoms with E-state index in [4.69, 9.17) is 9.47 Å². The summed E-state index contributed by atoms with van der Waals surface area (Å²) in [5, 5.41) is 10.1. The highest BCUT2D eigenvalue weighted by Gasteiger charge is 2.32. The molecular formula is C14H20O3. The van der Waals surface area contributed by atoms with Crippen LogP contribution in [0.15, 0.2) is 0 Å². The molecule has 0 spiro atoms. The van der Waals surface area contributed by atoms with Crippen LogP contribution in [0.1, 0.15) is 37.0 Å². The van der Waals surface area contributed by atoms with Gasteiger partial charge in [0.15, 0.2) is 11.5 Å². The number of methoxy groups -OCH3 is 1. The summed E-state index contributed by atoms with van der Waals surface area (Å²) in [5.41, 5.74) is 2.57. The third kappa shape index (κ3) is 1.84. The Morgan fingerprint density at radius 1 is 1.24 bits per heavy atom. The second kappa shape index (κ2) is 3.83. The molecule has 1 aromatic carbocycles. The largest absolute Gasteiger partial charge is 0.507 e. The van der Waals surface area contributed by atoms with Crippen molar-refractivity contribution in [1.82, 2.24) is 0 Å². The van der Waals surface area contributed by atoms with Crippen LogP contribution in [-0.2, 0) is 6.42 Å². The van der Waals surface area contributed by atoms with Crippen LogP contribution in [-0.4, -0.2) is 17.8 Å². The predicted molar refractivity (Wildman–Crippen MR) is 67.2 cm³/mol. The van der Waals surface area contributed by atoms with Gasteiger partial charge in [0.05, 0.1) is 7.11 Å². The lowest BCUT2D eigenvalue weighted by atomic mass is 9.90. The fourth-order valence-corrected chi connectivity index (χ4v) is 2.42. The van der Waals surface area contributed by atoms with Gasteiger partial charge in [0.1, 0.15) is 11.4 Å². The summed E-state index contributed by atoms with van der Waals surface area (Å²) in [5.74, 6) is 1.79. The highest BCUT2D eigenvalue weighted by atomic mass is 16.5. The van der Waals surface area contributed by atoms with Crippen LogP contribution in [0.5, 0.6) is 17.2 Å². The van der Waals surface area contributed by atoms with Gasteiger partial charge in [-0.3, -0.25) is 0 Å². The van der Waals surface area contributed by atoms with Crippen molar-refractivity contribution in [2.24, 2.45) is 0 Å². The zero-order valence-electron chi connectivity index (χ0n) is 11.2. The highest BCUT2D eigenvalue weighted by Crippen LogP contribution is 2.47. The summed E-state index contributed by atoms with van der Waals surface area (Å²) in [6.07, 6.45) is 1.87. The molecule has 2 rings (SSSR count). The predicted octanol–water partition coefficient (Wildman–Crippen LogP) is 3.12. The van der Waals surface area contributed by atoms with E-state index in [1.54, 1.807) is 7.11 Å².